The molecular formula is C56H49B2NO4. The van der Waals surface area contributed by atoms with Gasteiger partial charge in [0.2, 0.25) is 26.0 Å². The number of nitrogens with zero attached hydrogens (tertiary/aromatic N) is 1. The number of epoxide rings is 2. The first-order chi connectivity index (χ1) is 30.3. The SMILES string of the molecule is CC1OC1Oc1ccc(-c2ccc3c4c2-c2cc(C(C)(C)C)ccc2B4c2cccc4c2N3c2ccc(-c3ccc(OC5OC5C)cc3)c3c2B4c2ccc(C(C)(C)C)cc2-3)cc1. The number of rotatable bonds is 6. The first kappa shape index (κ1) is 37.5. The molecule has 6 aliphatic rings. The minimum absolute atomic E-state index is 0.00133. The monoisotopic (exact) mass is 821 g/mol. The highest BCUT2D eigenvalue weighted by Crippen LogP contribution is 2.49. The Labute approximate surface area is 371 Å². The molecule has 63 heavy (non-hydrogen) atoms. The summed E-state index contributed by atoms with van der Waals surface area (Å²) >= 11 is 0. The summed E-state index contributed by atoms with van der Waals surface area (Å²) in [4.78, 5) is 2.64. The first-order valence-corrected chi connectivity index (χ1v) is 22.7. The lowest BCUT2D eigenvalue weighted by molar-refractivity contribution is 0.178. The second-order valence-corrected chi connectivity index (χ2v) is 20.6. The van der Waals surface area contributed by atoms with Crippen molar-refractivity contribution in [3.63, 3.8) is 0 Å². The molecule has 0 saturated carbocycles. The molecular weight excluding hydrogens is 772 g/mol. The fourth-order valence-corrected chi connectivity index (χ4v) is 11.1. The Morgan fingerprint density at radius 2 is 0.889 bits per heavy atom. The lowest BCUT2D eigenvalue weighted by atomic mass is 9.32. The van der Waals surface area contributed by atoms with E-state index in [4.69, 9.17) is 18.9 Å². The molecule has 0 bridgehead atoms. The lowest BCUT2D eigenvalue weighted by Gasteiger charge is -2.43. The predicted octanol–water partition coefficient (Wildman–Crippen LogP) is 8.95. The molecule has 7 aromatic rings. The molecule has 2 saturated heterocycles. The van der Waals surface area contributed by atoms with Gasteiger partial charge in [-0.25, -0.2) is 0 Å². The summed E-state index contributed by atoms with van der Waals surface area (Å²) in [6.07, 6.45) is -0.0536. The van der Waals surface area contributed by atoms with Crippen molar-refractivity contribution < 1.29 is 18.9 Å². The van der Waals surface area contributed by atoms with Gasteiger partial charge >= 0.3 is 0 Å². The third kappa shape index (κ3) is 5.52. The quantitative estimate of drug-likeness (QED) is 0.124. The van der Waals surface area contributed by atoms with Crippen LogP contribution in [0, 0.1) is 0 Å². The van der Waals surface area contributed by atoms with Crippen LogP contribution < -0.4 is 47.2 Å². The number of anilines is 3. The van der Waals surface area contributed by atoms with Crippen LogP contribution in [0.3, 0.4) is 0 Å². The van der Waals surface area contributed by atoms with Crippen molar-refractivity contribution in [2.24, 2.45) is 0 Å². The van der Waals surface area contributed by atoms with Gasteiger partial charge in [-0.15, -0.1) is 0 Å². The number of ether oxygens (including phenoxy) is 4. The van der Waals surface area contributed by atoms with Crippen LogP contribution in [0.15, 0.2) is 127 Å². The van der Waals surface area contributed by atoms with Crippen LogP contribution in [-0.4, -0.2) is 38.2 Å². The second-order valence-electron chi connectivity index (χ2n) is 20.6. The van der Waals surface area contributed by atoms with Crippen LogP contribution in [0.2, 0.25) is 0 Å². The normalized spacial score (nSPS) is 20.2. The third-order valence-electron chi connectivity index (χ3n) is 14.6. The largest absolute Gasteiger partial charge is 0.462 e. The van der Waals surface area contributed by atoms with Gasteiger partial charge in [-0.1, -0.05) is 143 Å². The number of benzene rings is 7. The Morgan fingerprint density at radius 3 is 1.27 bits per heavy atom. The second kappa shape index (κ2) is 12.8. The smallest absolute Gasteiger partial charge is 0.248 e. The van der Waals surface area contributed by atoms with E-state index in [9.17, 15) is 0 Å². The Bertz CT molecular complexity index is 2900. The molecule has 4 atom stereocenters. The fourth-order valence-electron chi connectivity index (χ4n) is 11.1. The van der Waals surface area contributed by atoms with Gasteiger partial charge < -0.3 is 23.8 Å². The Kier molecular flexibility index (Phi) is 7.63. The zero-order chi connectivity index (χ0) is 42.8. The van der Waals surface area contributed by atoms with E-state index in [0.29, 0.717) is 0 Å². The highest BCUT2D eigenvalue weighted by Gasteiger charge is 2.51. The van der Waals surface area contributed by atoms with Crippen LogP contribution in [0.25, 0.3) is 44.5 Å². The molecule has 2 fully saturated rings. The van der Waals surface area contributed by atoms with Crippen molar-refractivity contribution in [1.82, 2.24) is 0 Å². The van der Waals surface area contributed by atoms with E-state index in [1.54, 1.807) is 0 Å². The van der Waals surface area contributed by atoms with Crippen molar-refractivity contribution in [2.75, 3.05) is 4.90 Å². The van der Waals surface area contributed by atoms with Crippen molar-refractivity contribution >= 4 is 63.3 Å². The molecule has 0 aromatic heterocycles. The van der Waals surface area contributed by atoms with Gasteiger partial charge in [0, 0.05) is 17.1 Å². The van der Waals surface area contributed by atoms with Gasteiger partial charge in [0.1, 0.15) is 23.7 Å². The topological polar surface area (TPSA) is 46.8 Å². The molecule has 5 nitrogen and oxygen atoms in total. The average Bonchev–Trinajstić information content (AvgIpc) is 4.08. The highest BCUT2D eigenvalue weighted by atomic mass is 16.8. The maximum absolute atomic E-state index is 6.10. The van der Waals surface area contributed by atoms with E-state index in [-0.39, 0.29) is 49.0 Å². The van der Waals surface area contributed by atoms with Gasteiger partial charge in [-0.05, 0) is 139 Å². The lowest BCUT2D eigenvalue weighted by Crippen LogP contribution is -2.62. The van der Waals surface area contributed by atoms with E-state index < -0.39 is 0 Å². The van der Waals surface area contributed by atoms with E-state index in [2.05, 4.69) is 174 Å². The zero-order valence-electron chi connectivity index (χ0n) is 37.2. The van der Waals surface area contributed by atoms with Crippen LogP contribution in [0.1, 0.15) is 66.5 Å². The minimum atomic E-state index is -0.162. The van der Waals surface area contributed by atoms with Crippen molar-refractivity contribution in [3.8, 4) is 56.0 Å². The van der Waals surface area contributed by atoms with Gasteiger partial charge in [-0.2, -0.15) is 0 Å². The van der Waals surface area contributed by atoms with Gasteiger partial charge in [0.05, 0.1) is 0 Å². The molecule has 6 heterocycles. The van der Waals surface area contributed by atoms with Gasteiger partial charge in [0.25, 0.3) is 0 Å². The summed E-state index contributed by atoms with van der Waals surface area (Å²) in [6, 6.07) is 48.6. The van der Waals surface area contributed by atoms with Crippen LogP contribution in [0.5, 0.6) is 11.5 Å². The molecule has 4 unspecified atom stereocenters. The molecule has 0 N–H and O–H groups in total. The summed E-state index contributed by atoms with van der Waals surface area (Å²) in [6.45, 7) is 18.2. The fraction of sp³-hybridized carbons (Fsp3) is 0.250. The highest BCUT2D eigenvalue weighted by molar-refractivity contribution is 7.05. The summed E-state index contributed by atoms with van der Waals surface area (Å²) in [5.74, 6) is 1.67. The molecule has 7 heteroatoms. The average molecular weight is 822 g/mol. The first-order valence-electron chi connectivity index (χ1n) is 22.7. The molecule has 308 valence electrons. The van der Waals surface area contributed by atoms with Gasteiger partial charge in [-0.3, -0.25) is 0 Å². The maximum atomic E-state index is 6.10. The summed E-state index contributed by atoms with van der Waals surface area (Å²) < 4.78 is 23.4. The van der Waals surface area contributed by atoms with E-state index in [0.717, 1.165) is 11.5 Å². The van der Waals surface area contributed by atoms with Crippen LogP contribution in [0.4, 0.5) is 17.1 Å². The Balaban J connectivity index is 1.04. The van der Waals surface area contributed by atoms with E-state index >= 15 is 0 Å². The molecule has 0 aliphatic carbocycles. The van der Waals surface area contributed by atoms with Gasteiger partial charge in [0.15, 0.2) is 0 Å². The third-order valence-corrected chi connectivity index (χ3v) is 14.6. The van der Waals surface area contributed by atoms with Crippen molar-refractivity contribution in [2.45, 2.75) is 91.0 Å². The van der Waals surface area contributed by atoms with E-state index in [1.807, 2.05) is 13.8 Å². The van der Waals surface area contributed by atoms with Crippen LogP contribution >= 0.6 is 0 Å². The zero-order valence-corrected chi connectivity index (χ0v) is 37.2. The minimum Gasteiger partial charge on any atom is -0.462 e. The standard InChI is InChI=1S/C56H49B2NO4/c1-30-53(60-30)62-36-18-12-32(13-19-36)38-22-26-46-50-48(38)40-28-34(55(3,4)5)16-24-42(40)57(50)44-10-9-11-45-52(44)59(46)47-27-23-39(33-14-20-37(21-15-33)63-54-31(2)61-54)49-41-29-35(56(6,7)8)17-25-43(41)58(45)51(47)49/h9-31,53-54H,1-8H3. The molecule has 0 amide bonds. The summed E-state index contributed by atoms with van der Waals surface area (Å²) in [5, 5.41) is 0. The number of hydrogen-bond acceptors (Lipinski definition) is 5. The number of para-hydroxylation sites is 1. The molecule has 13 rings (SSSR count). The maximum Gasteiger partial charge on any atom is 0.248 e. The number of hydrogen-bond donors (Lipinski definition) is 0. The summed E-state index contributed by atoms with van der Waals surface area (Å²) in [7, 11) is 0. The van der Waals surface area contributed by atoms with E-state index in [1.165, 1.54) is 105 Å². The Morgan fingerprint density at radius 1 is 0.476 bits per heavy atom. The van der Waals surface area contributed by atoms with Crippen molar-refractivity contribution in [3.05, 3.63) is 139 Å². The van der Waals surface area contributed by atoms with Crippen LogP contribution in [-0.2, 0) is 20.3 Å². The van der Waals surface area contributed by atoms with Crippen molar-refractivity contribution in [1.29, 1.82) is 0 Å². The number of fused-ring (bicyclic) bond motifs is 10. The predicted molar refractivity (Wildman–Crippen MR) is 260 cm³/mol. The molecule has 7 aromatic carbocycles. The molecule has 0 radical (unpaired) electrons. The Hall–Kier alpha value is -6.01. The molecule has 0 spiro atoms. The summed E-state index contributed by atoms with van der Waals surface area (Å²) in [5.41, 5.74) is 25.1. The molecule has 6 aliphatic heterocycles.